The van der Waals surface area contributed by atoms with Crippen LogP contribution in [-0.4, -0.2) is 46.8 Å². The van der Waals surface area contributed by atoms with Gasteiger partial charge in [-0.25, -0.2) is 4.79 Å². The van der Waals surface area contributed by atoms with Crippen molar-refractivity contribution in [1.29, 1.82) is 0 Å². The minimum absolute atomic E-state index is 0.0851. The zero-order valence-corrected chi connectivity index (χ0v) is 13.6. The number of nitro benzene ring substituents is 1. The molecule has 1 aromatic carbocycles. The molecule has 2 aliphatic rings. The number of nitro groups is 1. The second kappa shape index (κ2) is 6.88. The number of oxime groups is 1. The van der Waals surface area contributed by atoms with Gasteiger partial charge in [-0.3, -0.25) is 14.9 Å². The largest absolute Gasteiger partial charge is 0.461 e. The van der Waals surface area contributed by atoms with Gasteiger partial charge in [-0.1, -0.05) is 5.16 Å². The predicted octanol–water partition coefficient (Wildman–Crippen LogP) is 1.72. The van der Waals surface area contributed by atoms with Crippen LogP contribution in [0.25, 0.3) is 0 Å². The third kappa shape index (κ3) is 3.17. The molecule has 0 unspecified atom stereocenters. The maximum absolute atomic E-state index is 12.7. The maximum atomic E-state index is 12.7. The van der Waals surface area contributed by atoms with Crippen LogP contribution >= 0.6 is 0 Å². The van der Waals surface area contributed by atoms with Crippen LogP contribution in [-0.2, 0) is 14.4 Å². The monoisotopic (exact) mass is 347 g/mol. The lowest BCUT2D eigenvalue weighted by Gasteiger charge is -2.35. The van der Waals surface area contributed by atoms with Crippen molar-refractivity contribution in [3.05, 3.63) is 39.9 Å². The highest BCUT2D eigenvalue weighted by Crippen LogP contribution is 2.32. The first-order chi connectivity index (χ1) is 12.0. The first kappa shape index (κ1) is 16.9. The highest BCUT2D eigenvalue weighted by atomic mass is 16.7. The Morgan fingerprint density at radius 1 is 1.40 bits per heavy atom. The van der Waals surface area contributed by atoms with Gasteiger partial charge in [-0.2, -0.15) is 0 Å². The van der Waals surface area contributed by atoms with E-state index in [1.165, 1.54) is 29.2 Å². The fourth-order valence-electron chi connectivity index (χ4n) is 3.05. The van der Waals surface area contributed by atoms with E-state index in [0.29, 0.717) is 24.9 Å². The summed E-state index contributed by atoms with van der Waals surface area (Å²) in [5.41, 5.74) is 0.436. The van der Waals surface area contributed by atoms with Crippen molar-refractivity contribution in [1.82, 2.24) is 4.90 Å². The zero-order chi connectivity index (χ0) is 18.0. The van der Waals surface area contributed by atoms with E-state index in [1.807, 2.05) is 0 Å². The summed E-state index contributed by atoms with van der Waals surface area (Å²) in [7, 11) is 0. The quantitative estimate of drug-likeness (QED) is 0.466. The highest BCUT2D eigenvalue weighted by molar-refractivity contribution is 6.37. The maximum Gasteiger partial charge on any atom is 0.356 e. The predicted molar refractivity (Wildman–Crippen MR) is 85.8 cm³/mol. The number of hydrogen-bond donors (Lipinski definition) is 0. The number of ether oxygens (including phenoxy) is 1. The molecule has 0 aliphatic carbocycles. The SMILES string of the molecule is CCOC(=O)C1=NO[C@@H]2[C@H]1CCCN2C(=O)c1ccc([N+](=O)[O-])cc1. The third-order valence-electron chi connectivity index (χ3n) is 4.25. The van der Waals surface area contributed by atoms with E-state index in [4.69, 9.17) is 9.57 Å². The molecule has 2 heterocycles. The van der Waals surface area contributed by atoms with E-state index >= 15 is 0 Å². The van der Waals surface area contributed by atoms with Gasteiger partial charge in [0, 0.05) is 24.2 Å². The second-order valence-electron chi connectivity index (χ2n) is 5.74. The first-order valence-corrected chi connectivity index (χ1v) is 7.99. The molecule has 1 amide bonds. The molecule has 9 nitrogen and oxygen atoms in total. The number of fused-ring (bicyclic) bond motifs is 1. The van der Waals surface area contributed by atoms with E-state index in [1.54, 1.807) is 6.92 Å². The van der Waals surface area contributed by atoms with Gasteiger partial charge in [0.1, 0.15) is 0 Å². The molecule has 1 fully saturated rings. The fraction of sp³-hybridized carbons (Fsp3) is 0.438. The van der Waals surface area contributed by atoms with Crippen LogP contribution in [0.5, 0.6) is 0 Å². The minimum Gasteiger partial charge on any atom is -0.461 e. The molecular formula is C16H17N3O6. The third-order valence-corrected chi connectivity index (χ3v) is 4.25. The van der Waals surface area contributed by atoms with Gasteiger partial charge in [-0.15, -0.1) is 0 Å². The summed E-state index contributed by atoms with van der Waals surface area (Å²) in [5.74, 6) is -1.17. The minimum atomic E-state index is -0.657. The van der Waals surface area contributed by atoms with Crippen LogP contribution in [0.15, 0.2) is 29.4 Å². The summed E-state index contributed by atoms with van der Waals surface area (Å²) in [5, 5.41) is 14.5. The molecule has 25 heavy (non-hydrogen) atoms. The number of piperidine rings is 1. The van der Waals surface area contributed by atoms with Crippen molar-refractivity contribution >= 4 is 23.3 Å². The summed E-state index contributed by atoms with van der Waals surface area (Å²) < 4.78 is 4.97. The normalized spacial score (nSPS) is 21.8. The van der Waals surface area contributed by atoms with E-state index < -0.39 is 17.1 Å². The topological polar surface area (TPSA) is 111 Å². The van der Waals surface area contributed by atoms with Crippen LogP contribution < -0.4 is 0 Å². The van der Waals surface area contributed by atoms with Crippen LogP contribution in [0, 0.1) is 16.0 Å². The van der Waals surface area contributed by atoms with Crippen molar-refractivity contribution in [2.75, 3.05) is 13.2 Å². The molecule has 2 atom stereocenters. The molecule has 0 aromatic heterocycles. The molecule has 1 aromatic rings. The number of esters is 1. The molecular weight excluding hydrogens is 330 g/mol. The lowest BCUT2D eigenvalue weighted by molar-refractivity contribution is -0.384. The van der Waals surface area contributed by atoms with Crippen molar-refractivity contribution in [2.24, 2.45) is 11.1 Å². The van der Waals surface area contributed by atoms with Gasteiger partial charge in [0.05, 0.1) is 17.4 Å². The number of hydrogen-bond acceptors (Lipinski definition) is 7. The summed E-state index contributed by atoms with van der Waals surface area (Å²) in [6, 6.07) is 5.38. The molecule has 0 radical (unpaired) electrons. The number of benzene rings is 1. The standard InChI is InChI=1S/C16H17N3O6/c1-2-24-16(21)13-12-4-3-9-18(15(12)25-17-13)14(20)10-5-7-11(8-6-10)19(22)23/h5-8,12,15H,2-4,9H2,1H3/t12-,15+/m0/s1. The smallest absolute Gasteiger partial charge is 0.356 e. The van der Waals surface area contributed by atoms with Gasteiger partial charge in [0.2, 0.25) is 6.23 Å². The first-order valence-electron chi connectivity index (χ1n) is 7.99. The summed E-state index contributed by atoms with van der Waals surface area (Å²) >= 11 is 0. The highest BCUT2D eigenvalue weighted by Gasteiger charge is 2.46. The lowest BCUT2D eigenvalue weighted by atomic mass is 9.91. The average Bonchev–Trinajstić information content (AvgIpc) is 3.05. The molecule has 1 saturated heterocycles. The zero-order valence-electron chi connectivity index (χ0n) is 13.6. The van der Waals surface area contributed by atoms with Crippen LogP contribution in [0.4, 0.5) is 5.69 Å². The van der Waals surface area contributed by atoms with E-state index in [0.717, 1.165) is 0 Å². The van der Waals surface area contributed by atoms with Crippen molar-refractivity contribution in [3.63, 3.8) is 0 Å². The molecule has 3 rings (SSSR count). The van der Waals surface area contributed by atoms with Crippen molar-refractivity contribution in [3.8, 4) is 0 Å². The summed E-state index contributed by atoms with van der Waals surface area (Å²) in [6.07, 6.45) is 0.712. The number of carbonyl (C=O) groups is 2. The van der Waals surface area contributed by atoms with Gasteiger partial charge in [-0.05, 0) is 31.9 Å². The number of non-ortho nitro benzene ring substituents is 1. The van der Waals surface area contributed by atoms with Gasteiger partial charge in [0.15, 0.2) is 5.71 Å². The number of carbonyl (C=O) groups excluding carboxylic acids is 2. The van der Waals surface area contributed by atoms with Crippen LogP contribution in [0.3, 0.4) is 0 Å². The Kier molecular flexibility index (Phi) is 4.64. The Labute approximate surface area is 143 Å². The Morgan fingerprint density at radius 3 is 2.76 bits per heavy atom. The van der Waals surface area contributed by atoms with Gasteiger partial charge < -0.3 is 14.5 Å². The van der Waals surface area contributed by atoms with Crippen LogP contribution in [0.1, 0.15) is 30.1 Å². The van der Waals surface area contributed by atoms with E-state index in [-0.39, 0.29) is 29.8 Å². The summed E-state index contributed by atoms with van der Waals surface area (Å²) in [4.78, 5) is 41.7. The Bertz CT molecular complexity index is 730. The lowest BCUT2D eigenvalue weighted by Crippen LogP contribution is -2.49. The van der Waals surface area contributed by atoms with E-state index in [2.05, 4.69) is 5.16 Å². The second-order valence-corrected chi connectivity index (χ2v) is 5.74. The molecule has 132 valence electrons. The molecule has 0 spiro atoms. The van der Waals surface area contributed by atoms with Gasteiger partial charge in [0.25, 0.3) is 11.6 Å². The molecule has 9 heteroatoms. The summed E-state index contributed by atoms with van der Waals surface area (Å²) in [6.45, 7) is 2.40. The number of amides is 1. The number of nitrogens with zero attached hydrogens (tertiary/aromatic N) is 3. The Balaban J connectivity index is 1.76. The average molecular weight is 347 g/mol. The molecule has 0 bridgehead atoms. The molecule has 0 saturated carbocycles. The fourth-order valence-corrected chi connectivity index (χ4v) is 3.05. The molecule has 2 aliphatic heterocycles. The van der Waals surface area contributed by atoms with Crippen molar-refractivity contribution in [2.45, 2.75) is 26.0 Å². The van der Waals surface area contributed by atoms with E-state index in [9.17, 15) is 19.7 Å². The van der Waals surface area contributed by atoms with Gasteiger partial charge >= 0.3 is 5.97 Å². The Hall–Kier alpha value is -2.97. The van der Waals surface area contributed by atoms with Crippen LogP contribution in [0.2, 0.25) is 0 Å². The molecule has 0 N–H and O–H groups in total. The van der Waals surface area contributed by atoms with Crippen molar-refractivity contribution < 1.29 is 24.1 Å². The number of likely N-dealkylation sites (tertiary alicyclic amines) is 1. The number of rotatable bonds is 4. The Morgan fingerprint density at radius 2 is 2.12 bits per heavy atom.